The molecule has 0 unspecified atom stereocenters. The van der Waals surface area contributed by atoms with Gasteiger partial charge in [-0.15, -0.1) is 10.2 Å². The number of nitrogens with zero attached hydrogens (tertiary/aromatic N) is 6. The summed E-state index contributed by atoms with van der Waals surface area (Å²) in [6.45, 7) is 4.81. The quantitative estimate of drug-likeness (QED) is 0.817. The van der Waals surface area contributed by atoms with Gasteiger partial charge in [0.15, 0.2) is 5.82 Å². The Bertz CT molecular complexity index is 553. The minimum absolute atomic E-state index is 0.554. The fourth-order valence-electron chi connectivity index (χ4n) is 1.38. The molecule has 0 saturated carbocycles. The van der Waals surface area contributed by atoms with Crippen LogP contribution in [-0.2, 0) is 13.6 Å². The summed E-state index contributed by atoms with van der Waals surface area (Å²) >= 11 is 3.37. The number of rotatable bonds is 3. The topological polar surface area (TPSA) is 60.4 Å². The Morgan fingerprint density at radius 2 is 1.94 bits per heavy atom. The number of aryl methyl sites for hydroxylation is 3. The first-order valence-corrected chi connectivity index (χ1v) is 6.04. The highest BCUT2D eigenvalue weighted by Crippen LogP contribution is 2.25. The van der Waals surface area contributed by atoms with Gasteiger partial charge in [0.2, 0.25) is 5.82 Å². The molecule has 0 bridgehead atoms. The first-order valence-electron chi connectivity index (χ1n) is 5.25. The number of halogens is 1. The summed E-state index contributed by atoms with van der Waals surface area (Å²) in [6.07, 6.45) is 3.77. The lowest BCUT2D eigenvalue weighted by Crippen LogP contribution is -1.92. The summed E-state index contributed by atoms with van der Waals surface area (Å²) in [4.78, 5) is 0. The molecule has 0 spiro atoms. The Hall–Kier alpha value is -1.50. The predicted molar refractivity (Wildman–Crippen MR) is 67.7 cm³/mol. The van der Waals surface area contributed by atoms with E-state index in [-0.39, 0.29) is 0 Å². The molecule has 2 aromatic heterocycles. The minimum atomic E-state index is 0.554. The Labute approximate surface area is 107 Å². The largest absolute Gasteiger partial charge is 0.272 e. The van der Waals surface area contributed by atoms with Crippen LogP contribution in [0.3, 0.4) is 0 Å². The van der Waals surface area contributed by atoms with Gasteiger partial charge >= 0.3 is 0 Å². The summed E-state index contributed by atoms with van der Waals surface area (Å²) in [7, 11) is 1.83. The van der Waals surface area contributed by atoms with Crippen LogP contribution < -0.4 is 0 Å². The second-order valence-electron chi connectivity index (χ2n) is 3.67. The molecule has 6 nitrogen and oxygen atoms in total. The fraction of sp³-hybridized carbons (Fsp3) is 0.400. The molecule has 17 heavy (non-hydrogen) atoms. The fourth-order valence-corrected chi connectivity index (χ4v) is 1.84. The Kier molecular flexibility index (Phi) is 3.37. The Balaban J connectivity index is 2.25. The molecule has 0 fully saturated rings. The molecule has 0 radical (unpaired) electrons. The van der Waals surface area contributed by atoms with Crippen molar-refractivity contribution >= 4 is 27.6 Å². The van der Waals surface area contributed by atoms with Gasteiger partial charge < -0.3 is 0 Å². The van der Waals surface area contributed by atoms with Crippen LogP contribution in [0.25, 0.3) is 0 Å². The third-order valence-corrected chi connectivity index (χ3v) is 2.81. The molecule has 0 aliphatic heterocycles. The molecule has 2 heterocycles. The van der Waals surface area contributed by atoms with E-state index in [9.17, 15) is 0 Å². The maximum atomic E-state index is 4.29. The molecule has 0 N–H and O–H groups in total. The van der Waals surface area contributed by atoms with Crippen LogP contribution in [-0.4, -0.2) is 19.6 Å². The molecule has 0 aromatic carbocycles. The van der Waals surface area contributed by atoms with E-state index in [2.05, 4.69) is 36.4 Å². The van der Waals surface area contributed by atoms with E-state index in [1.165, 1.54) is 0 Å². The molecule has 0 amide bonds. The van der Waals surface area contributed by atoms with Crippen molar-refractivity contribution < 1.29 is 0 Å². The van der Waals surface area contributed by atoms with Gasteiger partial charge in [0, 0.05) is 31.5 Å². The molecule has 0 atom stereocenters. The number of azo groups is 1. The smallest absolute Gasteiger partial charge is 0.209 e. The predicted octanol–water partition coefficient (Wildman–Crippen LogP) is 3.12. The van der Waals surface area contributed by atoms with Crippen LogP contribution in [0.1, 0.15) is 12.5 Å². The highest BCUT2D eigenvalue weighted by atomic mass is 79.9. The summed E-state index contributed by atoms with van der Waals surface area (Å²) in [5, 5.41) is 16.6. The summed E-state index contributed by atoms with van der Waals surface area (Å²) < 4.78 is 4.32. The molecule has 2 rings (SSSR count). The zero-order chi connectivity index (χ0) is 12.4. The van der Waals surface area contributed by atoms with Gasteiger partial charge in [0.05, 0.1) is 4.47 Å². The normalized spacial score (nSPS) is 11.5. The van der Waals surface area contributed by atoms with Crippen molar-refractivity contribution in [3.63, 3.8) is 0 Å². The zero-order valence-corrected chi connectivity index (χ0v) is 11.5. The van der Waals surface area contributed by atoms with Crippen LogP contribution in [0.5, 0.6) is 0 Å². The molecule has 0 saturated heterocycles. The first kappa shape index (κ1) is 12.0. The van der Waals surface area contributed by atoms with Crippen molar-refractivity contribution in [1.82, 2.24) is 19.6 Å². The summed E-state index contributed by atoms with van der Waals surface area (Å²) in [5.41, 5.74) is 1.00. The van der Waals surface area contributed by atoms with Crippen molar-refractivity contribution in [2.45, 2.75) is 20.4 Å². The van der Waals surface area contributed by atoms with Crippen LogP contribution >= 0.6 is 15.9 Å². The average molecular weight is 297 g/mol. The van der Waals surface area contributed by atoms with Crippen molar-refractivity contribution in [1.29, 1.82) is 0 Å². The van der Waals surface area contributed by atoms with E-state index in [1.807, 2.05) is 38.0 Å². The second-order valence-corrected chi connectivity index (χ2v) is 4.52. The van der Waals surface area contributed by atoms with Crippen molar-refractivity contribution in [3.8, 4) is 0 Å². The lowest BCUT2D eigenvalue weighted by atomic mass is 10.4. The van der Waals surface area contributed by atoms with E-state index >= 15 is 0 Å². The van der Waals surface area contributed by atoms with Crippen molar-refractivity contribution in [2.75, 3.05) is 0 Å². The lowest BCUT2D eigenvalue weighted by molar-refractivity contribution is 0.659. The minimum Gasteiger partial charge on any atom is -0.272 e. The van der Waals surface area contributed by atoms with Crippen molar-refractivity contribution in [3.05, 3.63) is 22.4 Å². The molecule has 90 valence electrons. The lowest BCUT2D eigenvalue weighted by Gasteiger charge is -1.89. The molecule has 0 aliphatic carbocycles. The first-order chi connectivity index (χ1) is 8.10. The van der Waals surface area contributed by atoms with Crippen LogP contribution in [0.2, 0.25) is 0 Å². The zero-order valence-electron chi connectivity index (χ0n) is 9.92. The van der Waals surface area contributed by atoms with Gasteiger partial charge in [-0.3, -0.25) is 9.36 Å². The summed E-state index contributed by atoms with van der Waals surface area (Å²) in [6, 6.07) is 0. The maximum Gasteiger partial charge on any atom is 0.209 e. The van der Waals surface area contributed by atoms with Gasteiger partial charge in [-0.1, -0.05) is 0 Å². The van der Waals surface area contributed by atoms with Gasteiger partial charge in [0.25, 0.3) is 0 Å². The van der Waals surface area contributed by atoms with Crippen LogP contribution in [0.4, 0.5) is 11.6 Å². The number of hydrogen-bond donors (Lipinski definition) is 0. The van der Waals surface area contributed by atoms with E-state index in [0.29, 0.717) is 11.6 Å². The van der Waals surface area contributed by atoms with Crippen LogP contribution in [0, 0.1) is 6.92 Å². The van der Waals surface area contributed by atoms with Gasteiger partial charge in [-0.2, -0.15) is 10.2 Å². The second kappa shape index (κ2) is 4.79. The molecular formula is C10H13BrN6. The van der Waals surface area contributed by atoms with E-state index in [1.54, 1.807) is 4.68 Å². The molecule has 2 aromatic rings. The third kappa shape index (κ3) is 2.60. The van der Waals surface area contributed by atoms with Crippen molar-refractivity contribution in [2.24, 2.45) is 17.3 Å². The molecule has 7 heteroatoms. The standard InChI is InChI=1S/C10H13BrN6/c1-4-17-5-7(2)9(15-17)12-13-10-8(11)6-16(3)14-10/h5-6H,4H2,1-3H3. The van der Waals surface area contributed by atoms with E-state index in [0.717, 1.165) is 16.6 Å². The summed E-state index contributed by atoms with van der Waals surface area (Å²) in [5.74, 6) is 1.18. The van der Waals surface area contributed by atoms with E-state index in [4.69, 9.17) is 0 Å². The monoisotopic (exact) mass is 296 g/mol. The van der Waals surface area contributed by atoms with Gasteiger partial charge in [-0.25, -0.2) is 0 Å². The Morgan fingerprint density at radius 3 is 2.47 bits per heavy atom. The van der Waals surface area contributed by atoms with Gasteiger partial charge in [-0.05, 0) is 29.8 Å². The number of hydrogen-bond acceptors (Lipinski definition) is 4. The molecular weight excluding hydrogens is 284 g/mol. The highest BCUT2D eigenvalue weighted by molar-refractivity contribution is 9.10. The highest BCUT2D eigenvalue weighted by Gasteiger charge is 2.05. The Morgan fingerprint density at radius 1 is 1.24 bits per heavy atom. The number of aromatic nitrogens is 4. The average Bonchev–Trinajstić information content (AvgIpc) is 2.79. The SMILES string of the molecule is CCn1cc(C)c(N=Nc2nn(C)cc2Br)n1. The third-order valence-electron chi connectivity index (χ3n) is 2.25. The van der Waals surface area contributed by atoms with E-state index < -0.39 is 0 Å². The van der Waals surface area contributed by atoms with Gasteiger partial charge in [0.1, 0.15) is 0 Å². The maximum absolute atomic E-state index is 4.29. The molecule has 0 aliphatic rings. The van der Waals surface area contributed by atoms with Crippen LogP contribution in [0.15, 0.2) is 27.1 Å².